The summed E-state index contributed by atoms with van der Waals surface area (Å²) < 4.78 is 0.998. The molecule has 33 heavy (non-hydrogen) atoms. The summed E-state index contributed by atoms with van der Waals surface area (Å²) in [7, 11) is 0. The molecule has 8 heteroatoms. The number of hydrogen-bond acceptors (Lipinski definition) is 7. The Balaban J connectivity index is 0.00000149. The van der Waals surface area contributed by atoms with Crippen LogP contribution in [0.1, 0.15) is 25.1 Å². The van der Waals surface area contributed by atoms with Gasteiger partial charge in [-0.1, -0.05) is 30.9 Å². The van der Waals surface area contributed by atoms with Crippen molar-refractivity contribution in [2.45, 2.75) is 13.8 Å². The molecule has 0 atom stereocenters. The van der Waals surface area contributed by atoms with Crippen molar-refractivity contribution in [3.8, 4) is 12.8 Å². The quantitative estimate of drug-likeness (QED) is 0.400. The third kappa shape index (κ3) is 5.73. The van der Waals surface area contributed by atoms with Crippen LogP contribution in [0.15, 0.2) is 70.9 Å². The van der Waals surface area contributed by atoms with E-state index in [0.717, 1.165) is 44.3 Å². The highest BCUT2D eigenvalue weighted by Crippen LogP contribution is 2.28. The number of H-pyrrole nitrogens is 1. The van der Waals surface area contributed by atoms with E-state index in [4.69, 9.17) is 0 Å². The summed E-state index contributed by atoms with van der Waals surface area (Å²) in [5.41, 5.74) is 5.68. The van der Waals surface area contributed by atoms with Gasteiger partial charge in [-0.2, -0.15) is 10.1 Å². The third-order valence-electron chi connectivity index (χ3n) is 4.63. The fourth-order valence-electron chi connectivity index (χ4n) is 3.14. The smallest absolute Gasteiger partial charge is 0.226 e. The Morgan fingerprint density at radius 2 is 2.09 bits per heavy atom. The molecule has 1 aliphatic rings. The van der Waals surface area contributed by atoms with E-state index < -0.39 is 0 Å². The van der Waals surface area contributed by atoms with Crippen molar-refractivity contribution in [2.75, 3.05) is 17.3 Å². The second-order valence-electron chi connectivity index (χ2n) is 6.77. The molecule has 0 bridgehead atoms. The fourth-order valence-corrected chi connectivity index (χ4v) is 3.91. The van der Waals surface area contributed by atoms with Gasteiger partial charge in [0.2, 0.25) is 5.95 Å². The minimum atomic E-state index is 0.381. The lowest BCUT2D eigenvalue weighted by molar-refractivity contribution is 1.07. The summed E-state index contributed by atoms with van der Waals surface area (Å²) in [6, 6.07) is 1.99. The molecule has 3 aromatic heterocycles. The summed E-state index contributed by atoms with van der Waals surface area (Å²) in [6.07, 6.45) is 23.6. The molecule has 4 rings (SSSR count). The van der Waals surface area contributed by atoms with Crippen LogP contribution in [0.4, 0.5) is 11.8 Å². The zero-order valence-electron chi connectivity index (χ0n) is 18.5. The highest BCUT2D eigenvalue weighted by atomic mass is 32.1. The molecule has 0 aliphatic heterocycles. The Bertz CT molecular complexity index is 1300. The second kappa shape index (κ2) is 11.4. The Labute approximate surface area is 197 Å². The summed E-state index contributed by atoms with van der Waals surface area (Å²) in [6.45, 7) is 8.18. The second-order valence-corrected chi connectivity index (χ2v) is 7.68. The number of allylic oxidation sites excluding steroid dienone is 7. The van der Waals surface area contributed by atoms with E-state index in [9.17, 15) is 0 Å². The van der Waals surface area contributed by atoms with Crippen molar-refractivity contribution in [3.63, 3.8) is 0 Å². The van der Waals surface area contributed by atoms with Gasteiger partial charge in [0.05, 0.1) is 27.8 Å². The van der Waals surface area contributed by atoms with Gasteiger partial charge in [0, 0.05) is 11.3 Å². The van der Waals surface area contributed by atoms with Crippen LogP contribution in [0.5, 0.6) is 0 Å². The number of aromatic amines is 1. The van der Waals surface area contributed by atoms with Crippen LogP contribution in [0.2, 0.25) is 0 Å². The van der Waals surface area contributed by atoms with Gasteiger partial charge in [0.25, 0.3) is 0 Å². The van der Waals surface area contributed by atoms with Crippen molar-refractivity contribution in [2.24, 2.45) is 4.99 Å². The van der Waals surface area contributed by atoms with Crippen LogP contribution in [0, 0.1) is 12.8 Å². The molecule has 1 aliphatic carbocycles. The molecule has 7 nitrogen and oxygen atoms in total. The standard InChI is InChI=1S/C23H23N7S.C2H2/c1-4-16-8-6-7-9-19(16)24-14-25-23-28-20-10-11-31-21(20)22(29-23)27-15(3)12-17-13-26-30-18(17)5-2;1-2/h4-13H,2,14H2,1,3H3,(H,26,30)(H2,25,27,28,29);1-2H/b15-12+,16-4-,24-19-;. The zero-order chi connectivity index (χ0) is 23.6. The third-order valence-corrected chi connectivity index (χ3v) is 5.54. The Kier molecular flexibility index (Phi) is 8.11. The molecule has 0 fully saturated rings. The molecule has 0 saturated heterocycles. The average molecular weight is 456 g/mol. The van der Waals surface area contributed by atoms with Crippen molar-refractivity contribution in [3.05, 3.63) is 77.1 Å². The Morgan fingerprint density at radius 1 is 1.27 bits per heavy atom. The number of nitrogens with zero attached hydrogens (tertiary/aromatic N) is 4. The molecule has 3 N–H and O–H groups in total. The number of nitrogens with one attached hydrogen (secondary N) is 3. The normalized spacial score (nSPS) is 15.5. The van der Waals surface area contributed by atoms with Gasteiger partial charge in [-0.15, -0.1) is 24.2 Å². The summed E-state index contributed by atoms with van der Waals surface area (Å²) in [5.74, 6) is 1.28. The number of fused-ring (bicyclic) bond motifs is 1. The molecule has 0 radical (unpaired) electrons. The molecule has 3 heterocycles. The lowest BCUT2D eigenvalue weighted by atomic mass is 10.1. The predicted molar refractivity (Wildman–Crippen MR) is 141 cm³/mol. The van der Waals surface area contributed by atoms with Gasteiger partial charge >= 0.3 is 0 Å². The van der Waals surface area contributed by atoms with E-state index in [-0.39, 0.29) is 0 Å². The number of hydrogen-bond donors (Lipinski definition) is 3. The first-order valence-electron chi connectivity index (χ1n) is 10.2. The summed E-state index contributed by atoms with van der Waals surface area (Å²) >= 11 is 1.60. The molecule has 0 aromatic carbocycles. The highest BCUT2D eigenvalue weighted by molar-refractivity contribution is 7.17. The molecular formula is C25H25N7S. The molecule has 0 spiro atoms. The van der Waals surface area contributed by atoms with Gasteiger partial charge in [0.1, 0.15) is 6.67 Å². The van der Waals surface area contributed by atoms with Gasteiger partial charge in [-0.05, 0) is 49.1 Å². The van der Waals surface area contributed by atoms with Crippen molar-refractivity contribution in [1.29, 1.82) is 0 Å². The van der Waals surface area contributed by atoms with Crippen LogP contribution >= 0.6 is 11.3 Å². The first-order valence-corrected chi connectivity index (χ1v) is 11.1. The van der Waals surface area contributed by atoms with E-state index in [0.29, 0.717) is 12.6 Å². The predicted octanol–water partition coefficient (Wildman–Crippen LogP) is 5.66. The SMILES string of the molecule is C#C.C=Cc1[nH]ncc1/C=C(\C)Nc1nc(NC/N=C2/C=CC=C/C2=C/C)nc2ccsc12. The fraction of sp³-hybridized carbons (Fsp3) is 0.120. The Hall–Kier alpha value is -4.22. The van der Waals surface area contributed by atoms with Crippen LogP contribution < -0.4 is 10.6 Å². The van der Waals surface area contributed by atoms with Gasteiger partial charge < -0.3 is 10.6 Å². The zero-order valence-corrected chi connectivity index (χ0v) is 19.4. The monoisotopic (exact) mass is 455 g/mol. The van der Waals surface area contributed by atoms with E-state index in [2.05, 4.69) is 55.2 Å². The molecule has 0 saturated carbocycles. The lowest BCUT2D eigenvalue weighted by Crippen LogP contribution is -2.09. The van der Waals surface area contributed by atoms with Gasteiger partial charge in [-0.25, -0.2) is 4.98 Å². The maximum absolute atomic E-state index is 4.68. The number of anilines is 2. The van der Waals surface area contributed by atoms with E-state index in [1.54, 1.807) is 23.6 Å². The molecule has 0 amide bonds. The first kappa shape index (κ1) is 23.4. The van der Waals surface area contributed by atoms with Crippen molar-refractivity contribution < 1.29 is 0 Å². The van der Waals surface area contributed by atoms with Gasteiger partial charge in [0.15, 0.2) is 5.82 Å². The van der Waals surface area contributed by atoms with Crippen LogP contribution in [0.3, 0.4) is 0 Å². The van der Waals surface area contributed by atoms with E-state index in [1.807, 2.05) is 61.8 Å². The first-order chi connectivity index (χ1) is 16.2. The number of aliphatic imine (C=N–C) groups is 1. The summed E-state index contributed by atoms with van der Waals surface area (Å²) in [5, 5.41) is 15.6. The van der Waals surface area contributed by atoms with E-state index >= 15 is 0 Å². The topological polar surface area (TPSA) is 90.9 Å². The molecule has 166 valence electrons. The van der Waals surface area contributed by atoms with Crippen molar-refractivity contribution >= 4 is 51.2 Å². The lowest BCUT2D eigenvalue weighted by Gasteiger charge is -2.10. The number of rotatable bonds is 7. The van der Waals surface area contributed by atoms with Crippen LogP contribution in [0.25, 0.3) is 22.4 Å². The minimum absolute atomic E-state index is 0.381. The number of thiophene rings is 1. The molecule has 0 unspecified atom stereocenters. The number of terminal acetylenes is 1. The number of aromatic nitrogens is 4. The van der Waals surface area contributed by atoms with Gasteiger partial charge in [-0.3, -0.25) is 10.1 Å². The minimum Gasteiger partial charge on any atom is -0.343 e. The maximum Gasteiger partial charge on any atom is 0.226 e. The van der Waals surface area contributed by atoms with E-state index in [1.165, 1.54) is 0 Å². The van der Waals surface area contributed by atoms with Crippen LogP contribution in [-0.2, 0) is 0 Å². The highest BCUT2D eigenvalue weighted by Gasteiger charge is 2.10. The summed E-state index contributed by atoms with van der Waals surface area (Å²) in [4.78, 5) is 13.9. The maximum atomic E-state index is 4.68. The largest absolute Gasteiger partial charge is 0.343 e. The molecule has 3 aromatic rings. The molecular weight excluding hydrogens is 430 g/mol. The average Bonchev–Trinajstić information content (AvgIpc) is 3.50. The van der Waals surface area contributed by atoms with Crippen LogP contribution in [-0.4, -0.2) is 32.5 Å². The van der Waals surface area contributed by atoms with Crippen molar-refractivity contribution in [1.82, 2.24) is 20.2 Å². The Morgan fingerprint density at radius 3 is 2.88 bits per heavy atom.